The zero-order valence-corrected chi connectivity index (χ0v) is 23.9. The SMILES string of the molecule is COC(OC)c1ccccc1C(NC(=O)[C@H](CCO)NC(=O)OC(C)(C)C)C(=O)N[C@@H]1CCCc2ccccc21. The van der Waals surface area contributed by atoms with Gasteiger partial charge in [0.1, 0.15) is 17.7 Å². The Morgan fingerprint density at radius 1 is 0.950 bits per heavy atom. The zero-order chi connectivity index (χ0) is 29.3. The van der Waals surface area contributed by atoms with Crippen LogP contribution >= 0.6 is 0 Å². The largest absolute Gasteiger partial charge is 0.444 e. The van der Waals surface area contributed by atoms with E-state index in [9.17, 15) is 19.5 Å². The number of ether oxygens (including phenoxy) is 3. The van der Waals surface area contributed by atoms with E-state index in [2.05, 4.69) is 22.0 Å². The van der Waals surface area contributed by atoms with E-state index in [4.69, 9.17) is 14.2 Å². The van der Waals surface area contributed by atoms with Crippen molar-refractivity contribution in [1.29, 1.82) is 0 Å². The number of aliphatic hydroxyl groups excluding tert-OH is 1. The third-order valence-electron chi connectivity index (χ3n) is 6.65. The molecule has 0 heterocycles. The second-order valence-electron chi connectivity index (χ2n) is 10.7. The van der Waals surface area contributed by atoms with Crippen LogP contribution in [0.3, 0.4) is 0 Å². The molecule has 40 heavy (non-hydrogen) atoms. The number of hydrogen-bond donors (Lipinski definition) is 4. The molecule has 0 aromatic heterocycles. The van der Waals surface area contributed by atoms with Crippen LogP contribution in [0, 0.1) is 0 Å². The first-order valence-corrected chi connectivity index (χ1v) is 13.5. The summed E-state index contributed by atoms with van der Waals surface area (Å²) < 4.78 is 16.2. The summed E-state index contributed by atoms with van der Waals surface area (Å²) in [6.07, 6.45) is 0.955. The molecule has 3 rings (SSSR count). The molecule has 1 aliphatic carbocycles. The molecule has 0 aliphatic heterocycles. The second-order valence-corrected chi connectivity index (χ2v) is 10.7. The lowest BCUT2D eigenvalue weighted by Gasteiger charge is -2.30. The number of aliphatic hydroxyl groups is 1. The van der Waals surface area contributed by atoms with Crippen LogP contribution in [0.2, 0.25) is 0 Å². The molecule has 0 saturated heterocycles. The van der Waals surface area contributed by atoms with Gasteiger partial charge < -0.3 is 35.3 Å². The summed E-state index contributed by atoms with van der Waals surface area (Å²) in [5.41, 5.74) is 2.50. The monoisotopic (exact) mass is 555 g/mol. The highest BCUT2D eigenvalue weighted by atomic mass is 16.7. The molecular weight excluding hydrogens is 514 g/mol. The standard InChI is InChI=1S/C30H41N3O7/c1-30(2,3)40-29(37)32-24(17-18-34)26(35)33-25(21-14-8-9-15-22(21)28(38-4)39-5)27(36)31-23-16-10-12-19-11-6-7-13-20(19)23/h6-9,11,13-15,23-25,28,34H,10,12,16-18H2,1-5H3,(H,31,36)(H,32,37)(H,33,35)/t23-,24+,25?/m1/s1. The third kappa shape index (κ3) is 8.27. The summed E-state index contributed by atoms with van der Waals surface area (Å²) in [5.74, 6) is -1.07. The Balaban J connectivity index is 1.93. The maximum absolute atomic E-state index is 13.9. The minimum atomic E-state index is -1.15. The van der Waals surface area contributed by atoms with Gasteiger partial charge in [0.15, 0.2) is 6.29 Å². The molecule has 0 fully saturated rings. The molecule has 0 bridgehead atoms. The summed E-state index contributed by atoms with van der Waals surface area (Å²) in [6.45, 7) is 4.75. The summed E-state index contributed by atoms with van der Waals surface area (Å²) >= 11 is 0. The molecular formula is C30H41N3O7. The lowest BCUT2D eigenvalue weighted by molar-refractivity contribution is -0.131. The number of alkyl carbamates (subject to hydrolysis) is 1. The van der Waals surface area contributed by atoms with Gasteiger partial charge in [0.2, 0.25) is 11.8 Å². The van der Waals surface area contributed by atoms with Gasteiger partial charge in [0.05, 0.1) is 6.04 Å². The van der Waals surface area contributed by atoms with Crippen LogP contribution < -0.4 is 16.0 Å². The first-order chi connectivity index (χ1) is 19.1. The molecule has 10 nitrogen and oxygen atoms in total. The molecule has 10 heteroatoms. The topological polar surface area (TPSA) is 135 Å². The van der Waals surface area contributed by atoms with Gasteiger partial charge in [-0.2, -0.15) is 0 Å². The number of rotatable bonds is 11. The highest BCUT2D eigenvalue weighted by Crippen LogP contribution is 2.32. The molecule has 2 aromatic rings. The number of fused-ring (bicyclic) bond motifs is 1. The van der Waals surface area contributed by atoms with Crippen molar-refractivity contribution in [2.24, 2.45) is 0 Å². The number of aryl methyl sites for hydroxylation is 1. The van der Waals surface area contributed by atoms with Crippen LogP contribution in [-0.2, 0) is 30.2 Å². The lowest BCUT2D eigenvalue weighted by Crippen LogP contribution is -2.51. The second kappa shape index (κ2) is 14.2. The van der Waals surface area contributed by atoms with Crippen LogP contribution in [0.4, 0.5) is 4.79 Å². The van der Waals surface area contributed by atoms with Crippen molar-refractivity contribution in [3.8, 4) is 0 Å². The van der Waals surface area contributed by atoms with Gasteiger partial charge >= 0.3 is 6.09 Å². The maximum Gasteiger partial charge on any atom is 0.408 e. The minimum absolute atomic E-state index is 0.0736. The van der Waals surface area contributed by atoms with Crippen molar-refractivity contribution < 1.29 is 33.7 Å². The van der Waals surface area contributed by atoms with Gasteiger partial charge in [0.25, 0.3) is 0 Å². The molecule has 1 unspecified atom stereocenters. The molecule has 3 amide bonds. The Morgan fingerprint density at radius 2 is 1.60 bits per heavy atom. The van der Waals surface area contributed by atoms with E-state index in [0.29, 0.717) is 11.1 Å². The number of benzene rings is 2. The molecule has 0 spiro atoms. The number of carbonyl (C=O) groups is 3. The van der Waals surface area contributed by atoms with Gasteiger partial charge in [-0.3, -0.25) is 9.59 Å². The van der Waals surface area contributed by atoms with Crippen LogP contribution in [0.15, 0.2) is 48.5 Å². The summed E-state index contributed by atoms with van der Waals surface area (Å²) in [7, 11) is 2.97. The predicted molar refractivity (Wildman–Crippen MR) is 149 cm³/mol. The molecule has 0 saturated carbocycles. The van der Waals surface area contributed by atoms with E-state index in [1.165, 1.54) is 19.8 Å². The van der Waals surface area contributed by atoms with Crippen molar-refractivity contribution in [2.45, 2.75) is 76.5 Å². The minimum Gasteiger partial charge on any atom is -0.444 e. The van der Waals surface area contributed by atoms with E-state index in [0.717, 1.165) is 24.8 Å². The number of hydrogen-bond acceptors (Lipinski definition) is 7. The average molecular weight is 556 g/mol. The molecule has 218 valence electrons. The molecule has 3 atom stereocenters. The van der Waals surface area contributed by atoms with Gasteiger partial charge in [-0.25, -0.2) is 4.79 Å². The summed E-state index contributed by atoms with van der Waals surface area (Å²) in [5, 5.41) is 18.0. The van der Waals surface area contributed by atoms with E-state index in [1.54, 1.807) is 45.0 Å². The van der Waals surface area contributed by atoms with Crippen molar-refractivity contribution >= 4 is 17.9 Å². The first kappa shape index (κ1) is 31.1. The highest BCUT2D eigenvalue weighted by Gasteiger charge is 2.33. The fourth-order valence-electron chi connectivity index (χ4n) is 4.87. The van der Waals surface area contributed by atoms with E-state index in [1.807, 2.05) is 18.2 Å². The van der Waals surface area contributed by atoms with E-state index >= 15 is 0 Å². The maximum atomic E-state index is 13.9. The van der Waals surface area contributed by atoms with Gasteiger partial charge in [-0.15, -0.1) is 0 Å². The summed E-state index contributed by atoms with van der Waals surface area (Å²) in [4.78, 5) is 39.9. The normalized spacial score (nSPS) is 16.4. The fourth-order valence-corrected chi connectivity index (χ4v) is 4.87. The molecule has 2 aromatic carbocycles. The first-order valence-electron chi connectivity index (χ1n) is 13.5. The molecule has 1 aliphatic rings. The van der Waals surface area contributed by atoms with Crippen LogP contribution in [-0.4, -0.2) is 55.5 Å². The van der Waals surface area contributed by atoms with Gasteiger partial charge in [-0.05, 0) is 63.1 Å². The quantitative estimate of drug-likeness (QED) is 0.311. The Kier molecular flexibility index (Phi) is 11.1. The van der Waals surface area contributed by atoms with Crippen LogP contribution in [0.5, 0.6) is 0 Å². The van der Waals surface area contributed by atoms with Crippen molar-refractivity contribution in [3.63, 3.8) is 0 Å². The number of nitrogens with one attached hydrogen (secondary N) is 3. The Labute approximate surface area is 235 Å². The Bertz CT molecular complexity index is 1160. The van der Waals surface area contributed by atoms with Crippen LogP contribution in [0.1, 0.15) is 80.7 Å². The Hall–Kier alpha value is -3.47. The molecule has 0 radical (unpaired) electrons. The third-order valence-corrected chi connectivity index (χ3v) is 6.65. The predicted octanol–water partition coefficient (Wildman–Crippen LogP) is 3.60. The Morgan fingerprint density at radius 3 is 2.25 bits per heavy atom. The molecule has 4 N–H and O–H groups in total. The highest BCUT2D eigenvalue weighted by molar-refractivity contribution is 5.92. The number of carbonyl (C=O) groups excluding carboxylic acids is 3. The zero-order valence-electron chi connectivity index (χ0n) is 23.9. The number of amides is 3. The van der Waals surface area contributed by atoms with E-state index < -0.39 is 41.9 Å². The fraction of sp³-hybridized carbons (Fsp3) is 0.500. The van der Waals surface area contributed by atoms with Gasteiger partial charge in [0, 0.05) is 26.4 Å². The van der Waals surface area contributed by atoms with Crippen molar-refractivity contribution in [2.75, 3.05) is 20.8 Å². The van der Waals surface area contributed by atoms with Gasteiger partial charge in [-0.1, -0.05) is 48.5 Å². The van der Waals surface area contributed by atoms with E-state index in [-0.39, 0.29) is 19.1 Å². The number of methoxy groups -OCH3 is 2. The smallest absolute Gasteiger partial charge is 0.408 e. The van der Waals surface area contributed by atoms with Crippen molar-refractivity contribution in [1.82, 2.24) is 16.0 Å². The lowest BCUT2D eigenvalue weighted by atomic mass is 9.87. The van der Waals surface area contributed by atoms with Crippen LogP contribution in [0.25, 0.3) is 0 Å². The average Bonchev–Trinajstić information content (AvgIpc) is 2.91. The summed E-state index contributed by atoms with van der Waals surface area (Å²) in [6, 6.07) is 12.5. The van der Waals surface area contributed by atoms with Crippen molar-refractivity contribution in [3.05, 3.63) is 70.8 Å².